The number of hydrogen-bond acceptors (Lipinski definition) is 5. The van der Waals surface area contributed by atoms with Gasteiger partial charge in [-0.05, 0) is 60.1 Å². The number of halogens is 2. The minimum absolute atomic E-state index is 0.235. The number of benzene rings is 2. The number of carbonyl (C=O) groups is 1. The maximum Gasteiger partial charge on any atom is 0.278 e. The average molecular weight is 366 g/mol. The van der Waals surface area contributed by atoms with E-state index in [2.05, 4.69) is 14.9 Å². The van der Waals surface area contributed by atoms with Crippen molar-refractivity contribution in [2.45, 2.75) is 9.10 Å². The van der Waals surface area contributed by atoms with E-state index < -0.39 is 0 Å². The summed E-state index contributed by atoms with van der Waals surface area (Å²) in [5, 5.41) is 7.19. The molecule has 2 aromatic carbocycles. The first kappa shape index (κ1) is 15.9. The highest BCUT2D eigenvalue weighted by Gasteiger charge is 2.17. The number of carbonyl (C=O) groups excluding carboxylic acids is 1. The van der Waals surface area contributed by atoms with Crippen LogP contribution in [0.3, 0.4) is 0 Å². The van der Waals surface area contributed by atoms with Gasteiger partial charge in [0.25, 0.3) is 5.91 Å². The lowest BCUT2D eigenvalue weighted by atomic mass is 10.3. The highest BCUT2D eigenvalue weighted by atomic mass is 35.5. The number of amides is 1. The average Bonchev–Trinajstić information content (AvgIpc) is 3.00. The van der Waals surface area contributed by atoms with Gasteiger partial charge in [-0.2, -0.15) is 0 Å². The fourth-order valence-electron chi connectivity index (χ4n) is 1.72. The van der Waals surface area contributed by atoms with Crippen LogP contribution in [0.2, 0.25) is 5.02 Å². The van der Waals surface area contributed by atoms with Gasteiger partial charge in [-0.3, -0.25) is 4.79 Å². The van der Waals surface area contributed by atoms with Crippen molar-refractivity contribution in [3.63, 3.8) is 0 Å². The van der Waals surface area contributed by atoms with E-state index >= 15 is 0 Å². The van der Waals surface area contributed by atoms with Crippen LogP contribution in [0.25, 0.3) is 0 Å². The van der Waals surface area contributed by atoms with Crippen LogP contribution in [0.1, 0.15) is 10.5 Å². The van der Waals surface area contributed by atoms with Crippen molar-refractivity contribution in [2.75, 3.05) is 5.32 Å². The van der Waals surface area contributed by atoms with E-state index in [1.165, 1.54) is 36.0 Å². The second kappa shape index (κ2) is 7.08. The van der Waals surface area contributed by atoms with E-state index in [4.69, 9.17) is 11.6 Å². The lowest BCUT2D eigenvalue weighted by molar-refractivity contribution is 0.101. The Bertz CT molecular complexity index is 821. The van der Waals surface area contributed by atoms with Crippen molar-refractivity contribution in [3.05, 3.63) is 65.1 Å². The van der Waals surface area contributed by atoms with E-state index in [-0.39, 0.29) is 17.4 Å². The maximum absolute atomic E-state index is 12.9. The molecule has 1 amide bonds. The van der Waals surface area contributed by atoms with Crippen LogP contribution in [-0.2, 0) is 0 Å². The molecule has 1 heterocycles. The van der Waals surface area contributed by atoms with Gasteiger partial charge in [-0.15, -0.1) is 5.10 Å². The second-order valence-corrected chi connectivity index (χ2v) is 6.96. The summed E-state index contributed by atoms with van der Waals surface area (Å²) in [5.41, 5.74) is 0.728. The van der Waals surface area contributed by atoms with E-state index in [1.807, 2.05) is 12.1 Å². The normalized spacial score (nSPS) is 10.5. The van der Waals surface area contributed by atoms with Gasteiger partial charge in [0.05, 0.1) is 0 Å². The molecule has 0 radical (unpaired) electrons. The Kier molecular flexibility index (Phi) is 4.90. The number of nitrogens with one attached hydrogen (secondary N) is 1. The Morgan fingerprint density at radius 3 is 2.52 bits per heavy atom. The van der Waals surface area contributed by atoms with Gasteiger partial charge in [0.15, 0.2) is 5.69 Å². The minimum Gasteiger partial charge on any atom is -0.321 e. The van der Waals surface area contributed by atoms with Crippen molar-refractivity contribution >= 4 is 46.5 Å². The maximum atomic E-state index is 12.9. The summed E-state index contributed by atoms with van der Waals surface area (Å²) >= 11 is 8.38. The van der Waals surface area contributed by atoms with Gasteiger partial charge in [0.2, 0.25) is 0 Å². The van der Waals surface area contributed by atoms with Gasteiger partial charge in [0, 0.05) is 15.6 Å². The Balaban J connectivity index is 1.75. The predicted octanol–water partition coefficient (Wildman–Crippen LogP) is 4.73. The molecule has 23 heavy (non-hydrogen) atoms. The van der Waals surface area contributed by atoms with Crippen molar-refractivity contribution < 1.29 is 9.18 Å². The number of hydrogen-bond donors (Lipinski definition) is 1. The molecule has 0 saturated heterocycles. The Labute approximate surface area is 144 Å². The predicted molar refractivity (Wildman–Crippen MR) is 89.8 cm³/mol. The summed E-state index contributed by atoms with van der Waals surface area (Å²) in [6, 6.07) is 12.8. The van der Waals surface area contributed by atoms with Crippen LogP contribution in [-0.4, -0.2) is 15.5 Å². The first-order valence-electron chi connectivity index (χ1n) is 6.44. The second-order valence-electron chi connectivity index (χ2n) is 4.43. The summed E-state index contributed by atoms with van der Waals surface area (Å²) in [5.74, 6) is -0.751. The number of aromatic nitrogens is 2. The Morgan fingerprint density at radius 1 is 1.13 bits per heavy atom. The first-order chi connectivity index (χ1) is 11.1. The molecule has 0 fully saturated rings. The van der Waals surface area contributed by atoms with E-state index in [0.717, 1.165) is 16.4 Å². The highest BCUT2D eigenvalue weighted by Crippen LogP contribution is 2.33. The standard InChI is InChI=1S/C15H9ClFN3OS2/c16-9-1-7-12(8-2-9)22-15-13(19-20-23-15)14(21)18-11-5-3-10(17)4-6-11/h1-8H,(H,18,21). The molecule has 3 rings (SSSR count). The minimum atomic E-state index is -0.387. The van der Waals surface area contributed by atoms with E-state index in [9.17, 15) is 9.18 Å². The fourth-order valence-corrected chi connectivity index (χ4v) is 3.52. The molecule has 0 spiro atoms. The van der Waals surface area contributed by atoms with Crippen LogP contribution in [0, 0.1) is 5.82 Å². The molecular weight excluding hydrogens is 357 g/mol. The van der Waals surface area contributed by atoms with Crippen LogP contribution < -0.4 is 5.32 Å². The van der Waals surface area contributed by atoms with Crippen molar-refractivity contribution in [1.29, 1.82) is 0 Å². The van der Waals surface area contributed by atoms with Crippen LogP contribution >= 0.6 is 34.9 Å². The first-order valence-corrected chi connectivity index (χ1v) is 8.41. The van der Waals surface area contributed by atoms with Gasteiger partial charge >= 0.3 is 0 Å². The number of anilines is 1. The molecule has 0 aliphatic rings. The molecule has 8 heteroatoms. The molecule has 0 unspecified atom stereocenters. The third-order valence-corrected chi connectivity index (χ3v) is 4.93. The third kappa shape index (κ3) is 4.07. The van der Waals surface area contributed by atoms with E-state index in [1.54, 1.807) is 12.1 Å². The smallest absolute Gasteiger partial charge is 0.278 e. The highest BCUT2D eigenvalue weighted by molar-refractivity contribution is 8.01. The zero-order valence-corrected chi connectivity index (χ0v) is 13.9. The third-order valence-electron chi connectivity index (χ3n) is 2.80. The lowest BCUT2D eigenvalue weighted by Crippen LogP contribution is -2.13. The van der Waals surface area contributed by atoms with E-state index in [0.29, 0.717) is 14.9 Å². The lowest BCUT2D eigenvalue weighted by Gasteiger charge is -2.04. The molecule has 0 aliphatic carbocycles. The Hall–Kier alpha value is -1.96. The summed E-state index contributed by atoms with van der Waals surface area (Å²) in [6.07, 6.45) is 0. The molecule has 116 valence electrons. The molecule has 0 saturated carbocycles. The molecule has 1 N–H and O–H groups in total. The number of nitrogens with zero attached hydrogens (tertiary/aromatic N) is 2. The van der Waals surface area contributed by atoms with Crippen LogP contribution in [0.15, 0.2) is 57.6 Å². The van der Waals surface area contributed by atoms with Crippen LogP contribution in [0.5, 0.6) is 0 Å². The zero-order valence-electron chi connectivity index (χ0n) is 11.5. The molecule has 3 aromatic rings. The van der Waals surface area contributed by atoms with Crippen molar-refractivity contribution in [1.82, 2.24) is 9.59 Å². The Morgan fingerprint density at radius 2 is 1.83 bits per heavy atom. The van der Waals surface area contributed by atoms with Gasteiger partial charge in [-0.1, -0.05) is 27.9 Å². The molecular formula is C15H9ClFN3OS2. The monoisotopic (exact) mass is 365 g/mol. The summed E-state index contributed by atoms with van der Waals surface area (Å²) < 4.78 is 17.4. The van der Waals surface area contributed by atoms with Crippen molar-refractivity contribution in [2.24, 2.45) is 0 Å². The molecule has 4 nitrogen and oxygen atoms in total. The summed E-state index contributed by atoms with van der Waals surface area (Å²) in [7, 11) is 0. The van der Waals surface area contributed by atoms with Crippen molar-refractivity contribution in [3.8, 4) is 0 Å². The summed E-state index contributed by atoms with van der Waals surface area (Å²) in [6.45, 7) is 0. The topological polar surface area (TPSA) is 54.9 Å². The molecule has 0 aliphatic heterocycles. The zero-order chi connectivity index (χ0) is 16.2. The fraction of sp³-hybridized carbons (Fsp3) is 0. The summed E-state index contributed by atoms with van der Waals surface area (Å²) in [4.78, 5) is 13.2. The van der Waals surface area contributed by atoms with Crippen LogP contribution in [0.4, 0.5) is 10.1 Å². The molecule has 1 aromatic heterocycles. The van der Waals surface area contributed by atoms with Gasteiger partial charge < -0.3 is 5.32 Å². The number of rotatable bonds is 4. The molecule has 0 atom stereocenters. The SMILES string of the molecule is O=C(Nc1ccc(F)cc1)c1nnsc1Sc1ccc(Cl)cc1. The quantitative estimate of drug-likeness (QED) is 0.725. The van der Waals surface area contributed by atoms with Gasteiger partial charge in [0.1, 0.15) is 10.0 Å². The van der Waals surface area contributed by atoms with Gasteiger partial charge in [-0.25, -0.2) is 4.39 Å². The molecule has 0 bridgehead atoms. The largest absolute Gasteiger partial charge is 0.321 e.